The largest absolute Gasteiger partial charge is 0.313 e. The van der Waals surface area contributed by atoms with Crippen LogP contribution in [0.25, 0.3) is 16.9 Å². The van der Waals surface area contributed by atoms with Crippen LogP contribution < -0.4 is 0 Å². The summed E-state index contributed by atoms with van der Waals surface area (Å²) >= 11 is 7.18. The zero-order chi connectivity index (χ0) is 15.0. The number of aromatic nitrogens is 1. The summed E-state index contributed by atoms with van der Waals surface area (Å²) in [6.45, 7) is 4.24. The summed E-state index contributed by atoms with van der Waals surface area (Å²) in [5, 5.41) is 0. The van der Waals surface area contributed by atoms with Crippen molar-refractivity contribution in [3.8, 4) is 16.9 Å². The quantitative estimate of drug-likeness (QED) is 0.473. The van der Waals surface area contributed by atoms with Gasteiger partial charge in [-0.15, -0.1) is 0 Å². The Morgan fingerprint density at radius 2 is 1.52 bits per heavy atom. The van der Waals surface area contributed by atoms with Crippen LogP contribution in [-0.4, -0.2) is 4.57 Å². The molecule has 1 aromatic heterocycles. The maximum absolute atomic E-state index is 3.69. The molecule has 106 valence electrons. The highest BCUT2D eigenvalue weighted by Crippen LogP contribution is 2.31. The maximum atomic E-state index is 3.69. The third kappa shape index (κ3) is 2.85. The third-order valence-corrected chi connectivity index (χ3v) is 4.72. The molecule has 21 heavy (non-hydrogen) atoms. The molecule has 0 N–H and O–H groups in total. The van der Waals surface area contributed by atoms with Crippen LogP contribution >= 0.6 is 31.9 Å². The fraction of sp³-hybridized carbons (Fsp3) is 0.111. The van der Waals surface area contributed by atoms with Gasteiger partial charge < -0.3 is 4.57 Å². The molecule has 3 aromatic rings. The smallest absolute Gasteiger partial charge is 0.0600 e. The van der Waals surface area contributed by atoms with E-state index >= 15 is 0 Å². The van der Waals surface area contributed by atoms with E-state index in [1.165, 1.54) is 28.2 Å². The Morgan fingerprint density at radius 3 is 2.19 bits per heavy atom. The molecule has 3 rings (SSSR count). The van der Waals surface area contributed by atoms with Crippen LogP contribution in [0, 0.1) is 13.8 Å². The summed E-state index contributed by atoms with van der Waals surface area (Å²) in [5.74, 6) is 0. The lowest BCUT2D eigenvalue weighted by Crippen LogP contribution is -2.00. The van der Waals surface area contributed by atoms with Crippen LogP contribution in [0.4, 0.5) is 0 Å². The van der Waals surface area contributed by atoms with E-state index < -0.39 is 0 Å². The van der Waals surface area contributed by atoms with Gasteiger partial charge in [0.1, 0.15) is 0 Å². The lowest BCUT2D eigenvalue weighted by Gasteiger charge is -2.14. The van der Waals surface area contributed by atoms with Crippen molar-refractivity contribution < 1.29 is 0 Å². The highest BCUT2D eigenvalue weighted by atomic mass is 79.9. The van der Waals surface area contributed by atoms with Crippen LogP contribution in [0.5, 0.6) is 0 Å². The molecule has 3 heteroatoms. The number of aryl methyl sites for hydroxylation is 2. The minimum atomic E-state index is 1.09. The topological polar surface area (TPSA) is 4.93 Å². The predicted molar refractivity (Wildman–Crippen MR) is 96.1 cm³/mol. The van der Waals surface area contributed by atoms with Gasteiger partial charge in [-0.2, -0.15) is 0 Å². The van der Waals surface area contributed by atoms with E-state index in [1.807, 2.05) is 0 Å². The number of hydrogen-bond donors (Lipinski definition) is 0. The van der Waals surface area contributed by atoms with Gasteiger partial charge in [-0.1, -0.05) is 34.1 Å². The van der Waals surface area contributed by atoms with E-state index in [0.717, 1.165) is 8.95 Å². The standard InChI is InChI=1S/C18H15Br2N/c1-12-3-9-18(16(20)11-12)21-13(2)4-10-17(21)14-5-7-15(19)8-6-14/h3-11H,1-2H3. The van der Waals surface area contributed by atoms with Crippen LogP contribution in [-0.2, 0) is 0 Å². The Hall–Kier alpha value is -1.32. The first-order valence-corrected chi connectivity index (χ1v) is 8.35. The van der Waals surface area contributed by atoms with Crippen molar-refractivity contribution in [1.29, 1.82) is 0 Å². The molecular formula is C18H15Br2N. The zero-order valence-corrected chi connectivity index (χ0v) is 15.1. The molecule has 0 amide bonds. The van der Waals surface area contributed by atoms with E-state index in [-0.39, 0.29) is 0 Å². The molecule has 0 saturated carbocycles. The van der Waals surface area contributed by atoms with Crippen molar-refractivity contribution in [2.45, 2.75) is 13.8 Å². The summed E-state index contributed by atoms with van der Waals surface area (Å²) < 4.78 is 4.49. The maximum Gasteiger partial charge on any atom is 0.0600 e. The Kier molecular flexibility index (Phi) is 4.05. The highest BCUT2D eigenvalue weighted by Gasteiger charge is 2.11. The molecular weight excluding hydrogens is 390 g/mol. The van der Waals surface area contributed by atoms with Crippen LogP contribution in [0.15, 0.2) is 63.5 Å². The number of benzene rings is 2. The second-order valence-corrected chi connectivity index (χ2v) is 6.93. The van der Waals surface area contributed by atoms with Crippen LogP contribution in [0.1, 0.15) is 11.3 Å². The molecule has 0 spiro atoms. The highest BCUT2D eigenvalue weighted by molar-refractivity contribution is 9.10. The monoisotopic (exact) mass is 403 g/mol. The first-order chi connectivity index (χ1) is 10.1. The fourth-order valence-corrected chi connectivity index (χ4v) is 3.43. The van der Waals surface area contributed by atoms with Gasteiger partial charge in [-0.25, -0.2) is 0 Å². The van der Waals surface area contributed by atoms with E-state index in [2.05, 4.69) is 105 Å². The summed E-state index contributed by atoms with van der Waals surface area (Å²) in [7, 11) is 0. The molecule has 0 aliphatic carbocycles. The van der Waals surface area contributed by atoms with E-state index in [1.54, 1.807) is 0 Å². The molecule has 0 radical (unpaired) electrons. The van der Waals surface area contributed by atoms with Gasteiger partial charge in [-0.05, 0) is 77.3 Å². The van der Waals surface area contributed by atoms with Crippen LogP contribution in [0.2, 0.25) is 0 Å². The minimum absolute atomic E-state index is 1.09. The van der Waals surface area contributed by atoms with Crippen molar-refractivity contribution >= 4 is 31.9 Å². The predicted octanol–water partition coefficient (Wildman–Crippen LogP) is 6.29. The van der Waals surface area contributed by atoms with Gasteiger partial charge >= 0.3 is 0 Å². The minimum Gasteiger partial charge on any atom is -0.313 e. The summed E-state index contributed by atoms with van der Waals surface area (Å²) in [6.07, 6.45) is 0. The molecule has 2 aromatic carbocycles. The van der Waals surface area contributed by atoms with Crippen molar-refractivity contribution in [3.05, 3.63) is 74.8 Å². The van der Waals surface area contributed by atoms with Crippen molar-refractivity contribution in [2.75, 3.05) is 0 Å². The number of nitrogens with zero attached hydrogens (tertiary/aromatic N) is 1. The zero-order valence-electron chi connectivity index (χ0n) is 11.9. The molecule has 0 unspecified atom stereocenters. The average Bonchev–Trinajstić information content (AvgIpc) is 2.82. The molecule has 0 fully saturated rings. The first kappa shape index (κ1) is 14.6. The van der Waals surface area contributed by atoms with Gasteiger partial charge in [-0.3, -0.25) is 0 Å². The molecule has 0 bridgehead atoms. The molecule has 1 heterocycles. The average molecular weight is 405 g/mol. The number of halogens is 2. The van der Waals surface area contributed by atoms with Gasteiger partial charge in [0.2, 0.25) is 0 Å². The van der Waals surface area contributed by atoms with Gasteiger partial charge in [0.25, 0.3) is 0 Å². The lowest BCUT2D eigenvalue weighted by molar-refractivity contribution is 1.01. The Labute approximate surface area is 141 Å². The summed E-state index contributed by atoms with van der Waals surface area (Å²) in [5.41, 5.74) is 6.04. The van der Waals surface area contributed by atoms with Crippen molar-refractivity contribution in [2.24, 2.45) is 0 Å². The molecule has 0 aliphatic rings. The van der Waals surface area contributed by atoms with E-state index in [0.29, 0.717) is 0 Å². The van der Waals surface area contributed by atoms with E-state index in [9.17, 15) is 0 Å². The van der Waals surface area contributed by atoms with Crippen LogP contribution in [0.3, 0.4) is 0 Å². The first-order valence-electron chi connectivity index (χ1n) is 6.77. The fourth-order valence-electron chi connectivity index (χ4n) is 2.50. The van der Waals surface area contributed by atoms with Crippen molar-refractivity contribution in [1.82, 2.24) is 4.57 Å². The second kappa shape index (κ2) is 5.82. The lowest BCUT2D eigenvalue weighted by atomic mass is 10.1. The van der Waals surface area contributed by atoms with E-state index in [4.69, 9.17) is 0 Å². The normalized spacial score (nSPS) is 10.9. The van der Waals surface area contributed by atoms with Gasteiger partial charge in [0.05, 0.1) is 11.4 Å². The Morgan fingerprint density at radius 1 is 0.810 bits per heavy atom. The number of rotatable bonds is 2. The molecule has 0 atom stereocenters. The molecule has 0 aliphatic heterocycles. The summed E-state index contributed by atoms with van der Waals surface area (Å²) in [4.78, 5) is 0. The van der Waals surface area contributed by atoms with Gasteiger partial charge in [0, 0.05) is 14.6 Å². The molecule has 0 saturated heterocycles. The molecule has 1 nitrogen and oxygen atoms in total. The Bertz CT molecular complexity index is 785. The van der Waals surface area contributed by atoms with Crippen molar-refractivity contribution in [3.63, 3.8) is 0 Å². The number of hydrogen-bond acceptors (Lipinski definition) is 0. The summed E-state index contributed by atoms with van der Waals surface area (Å²) in [6, 6.07) is 19.2. The SMILES string of the molecule is Cc1ccc(-n2c(C)ccc2-c2ccc(Br)cc2)c(Br)c1. The third-order valence-electron chi connectivity index (χ3n) is 3.56. The van der Waals surface area contributed by atoms with Gasteiger partial charge in [0.15, 0.2) is 0 Å². The Balaban J connectivity index is 2.19. The second-order valence-electron chi connectivity index (χ2n) is 5.16.